The SMILES string of the molecule is Cc1nn(-c2ccccc2)c(C)c1/C=C/C(=O)N1CC(C(=O)N2CCOCC2)Oc2ccccc21. The number of nitrogens with zero attached hydrogens (tertiary/aromatic N) is 4. The molecule has 0 radical (unpaired) electrons. The molecule has 0 spiro atoms. The summed E-state index contributed by atoms with van der Waals surface area (Å²) in [6, 6.07) is 17.2. The van der Waals surface area contributed by atoms with Crippen molar-refractivity contribution in [2.45, 2.75) is 20.0 Å². The second kappa shape index (κ2) is 9.76. The number of aromatic nitrogens is 2. The van der Waals surface area contributed by atoms with Crippen molar-refractivity contribution in [1.82, 2.24) is 14.7 Å². The van der Waals surface area contributed by atoms with Crippen LogP contribution in [0.25, 0.3) is 11.8 Å². The number of hydrogen-bond acceptors (Lipinski definition) is 5. The Morgan fingerprint density at radius 3 is 2.49 bits per heavy atom. The van der Waals surface area contributed by atoms with Gasteiger partial charge in [0.15, 0.2) is 6.10 Å². The molecule has 0 bridgehead atoms. The number of para-hydroxylation sites is 3. The Labute approximate surface area is 204 Å². The number of fused-ring (bicyclic) bond motifs is 1. The number of anilines is 1. The van der Waals surface area contributed by atoms with E-state index >= 15 is 0 Å². The molecule has 1 aromatic heterocycles. The molecule has 1 atom stereocenters. The molecule has 2 amide bonds. The minimum Gasteiger partial charge on any atom is -0.476 e. The molecular weight excluding hydrogens is 444 g/mol. The van der Waals surface area contributed by atoms with Crippen LogP contribution in [0.5, 0.6) is 5.75 Å². The second-order valence-corrected chi connectivity index (χ2v) is 8.63. The molecule has 35 heavy (non-hydrogen) atoms. The van der Waals surface area contributed by atoms with E-state index in [2.05, 4.69) is 5.10 Å². The van der Waals surface area contributed by atoms with E-state index < -0.39 is 6.10 Å². The van der Waals surface area contributed by atoms with Crippen molar-refractivity contribution in [3.63, 3.8) is 0 Å². The molecule has 1 unspecified atom stereocenters. The lowest BCUT2D eigenvalue weighted by Crippen LogP contribution is -2.53. The summed E-state index contributed by atoms with van der Waals surface area (Å²) in [6.45, 7) is 6.13. The fourth-order valence-corrected chi connectivity index (χ4v) is 4.52. The maximum absolute atomic E-state index is 13.4. The van der Waals surface area contributed by atoms with Gasteiger partial charge in [-0.05, 0) is 44.2 Å². The minimum absolute atomic E-state index is 0.125. The van der Waals surface area contributed by atoms with Crippen molar-refractivity contribution in [2.75, 3.05) is 37.7 Å². The van der Waals surface area contributed by atoms with Crippen LogP contribution in [0.2, 0.25) is 0 Å². The monoisotopic (exact) mass is 472 g/mol. The number of carbonyl (C=O) groups excluding carboxylic acids is 2. The number of rotatable bonds is 4. The summed E-state index contributed by atoms with van der Waals surface area (Å²) in [6.07, 6.45) is 2.59. The number of aryl methyl sites for hydroxylation is 1. The molecule has 0 N–H and O–H groups in total. The van der Waals surface area contributed by atoms with Gasteiger partial charge >= 0.3 is 0 Å². The summed E-state index contributed by atoms with van der Waals surface area (Å²) < 4.78 is 13.3. The lowest BCUT2D eigenvalue weighted by molar-refractivity contribution is -0.142. The van der Waals surface area contributed by atoms with Crippen molar-refractivity contribution in [1.29, 1.82) is 0 Å². The first-order valence-electron chi connectivity index (χ1n) is 11.8. The number of hydrogen-bond donors (Lipinski definition) is 0. The van der Waals surface area contributed by atoms with Crippen LogP contribution in [0.4, 0.5) is 5.69 Å². The summed E-state index contributed by atoms with van der Waals surface area (Å²) in [5.41, 5.74) is 4.29. The summed E-state index contributed by atoms with van der Waals surface area (Å²) >= 11 is 0. The number of amides is 2. The van der Waals surface area contributed by atoms with Crippen LogP contribution in [0.3, 0.4) is 0 Å². The zero-order valence-electron chi connectivity index (χ0n) is 19.9. The third kappa shape index (κ3) is 4.57. The van der Waals surface area contributed by atoms with Crippen molar-refractivity contribution in [3.8, 4) is 11.4 Å². The molecule has 2 aliphatic heterocycles. The van der Waals surface area contributed by atoms with E-state index in [0.29, 0.717) is 37.7 Å². The van der Waals surface area contributed by atoms with E-state index in [0.717, 1.165) is 22.6 Å². The average Bonchev–Trinajstić information content (AvgIpc) is 3.20. The van der Waals surface area contributed by atoms with Gasteiger partial charge < -0.3 is 19.3 Å². The lowest BCUT2D eigenvalue weighted by Gasteiger charge is -2.37. The van der Waals surface area contributed by atoms with E-state index in [4.69, 9.17) is 9.47 Å². The van der Waals surface area contributed by atoms with Crippen LogP contribution in [-0.4, -0.2) is 65.4 Å². The molecule has 1 fully saturated rings. The van der Waals surface area contributed by atoms with Crippen LogP contribution in [0.15, 0.2) is 60.7 Å². The Bertz CT molecular complexity index is 1260. The Morgan fingerprint density at radius 1 is 1.00 bits per heavy atom. The molecule has 8 nitrogen and oxygen atoms in total. The van der Waals surface area contributed by atoms with E-state index in [1.54, 1.807) is 28.0 Å². The molecule has 5 rings (SSSR count). The molecular formula is C27H28N4O4. The smallest absolute Gasteiger partial charge is 0.265 e. The van der Waals surface area contributed by atoms with Crippen LogP contribution in [-0.2, 0) is 14.3 Å². The van der Waals surface area contributed by atoms with E-state index in [1.165, 1.54) is 0 Å². The van der Waals surface area contributed by atoms with Crippen LogP contribution in [0.1, 0.15) is 17.0 Å². The van der Waals surface area contributed by atoms with Crippen molar-refractivity contribution >= 4 is 23.6 Å². The third-order valence-electron chi connectivity index (χ3n) is 6.38. The third-order valence-corrected chi connectivity index (χ3v) is 6.38. The molecule has 0 saturated carbocycles. The average molecular weight is 473 g/mol. The summed E-state index contributed by atoms with van der Waals surface area (Å²) in [5, 5.41) is 4.65. The minimum atomic E-state index is -0.760. The Morgan fingerprint density at radius 2 is 1.71 bits per heavy atom. The first-order chi connectivity index (χ1) is 17.0. The van der Waals surface area contributed by atoms with Gasteiger partial charge in [-0.1, -0.05) is 30.3 Å². The van der Waals surface area contributed by atoms with Gasteiger partial charge in [0.05, 0.1) is 36.8 Å². The number of morpholine rings is 1. The van der Waals surface area contributed by atoms with E-state index in [9.17, 15) is 9.59 Å². The van der Waals surface area contributed by atoms with Gasteiger partial charge in [-0.3, -0.25) is 9.59 Å². The van der Waals surface area contributed by atoms with Gasteiger partial charge in [-0.15, -0.1) is 0 Å². The Hall–Kier alpha value is -3.91. The van der Waals surface area contributed by atoms with Gasteiger partial charge in [0.1, 0.15) is 5.75 Å². The fourth-order valence-electron chi connectivity index (χ4n) is 4.52. The van der Waals surface area contributed by atoms with Crippen molar-refractivity contribution < 1.29 is 19.1 Å². The number of ether oxygens (including phenoxy) is 2. The maximum Gasteiger partial charge on any atom is 0.265 e. The zero-order valence-corrected chi connectivity index (χ0v) is 19.9. The van der Waals surface area contributed by atoms with E-state index in [-0.39, 0.29) is 18.4 Å². The standard InChI is InChI=1S/C27H28N4O4/c1-19-22(20(2)31(28-19)21-8-4-3-5-9-21)12-13-26(32)30-18-25(27(33)29-14-16-34-17-15-29)35-24-11-7-6-10-23(24)30/h3-13,25H,14-18H2,1-2H3/b13-12+. The molecule has 3 aromatic rings. The molecule has 2 aliphatic rings. The predicted octanol–water partition coefficient (Wildman–Crippen LogP) is 3.16. The Kier molecular flexibility index (Phi) is 6.37. The highest BCUT2D eigenvalue weighted by atomic mass is 16.5. The maximum atomic E-state index is 13.4. The lowest BCUT2D eigenvalue weighted by atomic mass is 10.1. The highest BCUT2D eigenvalue weighted by molar-refractivity contribution is 6.06. The summed E-state index contributed by atoms with van der Waals surface area (Å²) in [4.78, 5) is 29.9. The van der Waals surface area contributed by atoms with Gasteiger partial charge in [-0.25, -0.2) is 4.68 Å². The molecule has 2 aromatic carbocycles. The second-order valence-electron chi connectivity index (χ2n) is 8.63. The number of carbonyl (C=O) groups is 2. The largest absolute Gasteiger partial charge is 0.476 e. The van der Waals surface area contributed by atoms with Crippen LogP contribution in [0, 0.1) is 13.8 Å². The Balaban J connectivity index is 1.39. The summed E-state index contributed by atoms with van der Waals surface area (Å²) in [7, 11) is 0. The van der Waals surface area contributed by atoms with E-state index in [1.807, 2.05) is 67.1 Å². The van der Waals surface area contributed by atoms with Gasteiger partial charge in [0, 0.05) is 30.4 Å². The fraction of sp³-hybridized carbons (Fsp3) is 0.296. The predicted molar refractivity (Wildman–Crippen MR) is 133 cm³/mol. The first-order valence-corrected chi connectivity index (χ1v) is 11.8. The molecule has 1 saturated heterocycles. The first kappa shape index (κ1) is 22.9. The molecule has 0 aliphatic carbocycles. The van der Waals surface area contributed by atoms with Crippen LogP contribution < -0.4 is 9.64 Å². The number of benzene rings is 2. The van der Waals surface area contributed by atoms with Crippen LogP contribution >= 0.6 is 0 Å². The zero-order chi connectivity index (χ0) is 24.4. The van der Waals surface area contributed by atoms with Crippen molar-refractivity contribution in [2.24, 2.45) is 0 Å². The molecule has 3 heterocycles. The normalized spacial score (nSPS) is 17.8. The molecule has 180 valence electrons. The van der Waals surface area contributed by atoms with Crippen molar-refractivity contribution in [3.05, 3.63) is 77.6 Å². The quantitative estimate of drug-likeness (QED) is 0.546. The highest BCUT2D eigenvalue weighted by Crippen LogP contribution is 2.34. The van der Waals surface area contributed by atoms with Gasteiger partial charge in [-0.2, -0.15) is 5.10 Å². The molecule has 8 heteroatoms. The summed E-state index contributed by atoms with van der Waals surface area (Å²) in [5.74, 6) is 0.184. The topological polar surface area (TPSA) is 76.9 Å². The highest BCUT2D eigenvalue weighted by Gasteiger charge is 2.35. The van der Waals surface area contributed by atoms with Gasteiger partial charge in [0.25, 0.3) is 11.8 Å². The van der Waals surface area contributed by atoms with Gasteiger partial charge in [0.2, 0.25) is 0 Å².